The van der Waals surface area contributed by atoms with Crippen LogP contribution >= 0.6 is 0 Å². The van der Waals surface area contributed by atoms with Gasteiger partial charge in [0.2, 0.25) is 5.95 Å². The quantitative estimate of drug-likeness (QED) is 0.839. The van der Waals surface area contributed by atoms with Crippen molar-refractivity contribution in [1.82, 2.24) is 9.97 Å². The first-order valence-corrected chi connectivity index (χ1v) is 6.66. The number of rotatable bonds is 5. The molecule has 0 bridgehead atoms. The standard InChI is InChI=1S/C13H22N4O/c1-4-14-13-15-8-9(2)12(17-13)16-10(3)11-6-5-7-18-11/h8,10-11H,4-7H2,1-3H3,(H2,14,15,16,17). The van der Waals surface area contributed by atoms with Crippen molar-refractivity contribution >= 4 is 11.8 Å². The number of ether oxygens (including phenoxy) is 1. The zero-order valence-electron chi connectivity index (χ0n) is 11.4. The molecule has 1 fully saturated rings. The van der Waals surface area contributed by atoms with E-state index in [9.17, 15) is 0 Å². The van der Waals surface area contributed by atoms with Crippen molar-refractivity contribution in [3.8, 4) is 0 Å². The Morgan fingerprint density at radius 2 is 2.39 bits per heavy atom. The van der Waals surface area contributed by atoms with Gasteiger partial charge < -0.3 is 15.4 Å². The lowest BCUT2D eigenvalue weighted by Crippen LogP contribution is -2.30. The minimum Gasteiger partial charge on any atom is -0.376 e. The summed E-state index contributed by atoms with van der Waals surface area (Å²) in [5, 5.41) is 6.56. The maximum absolute atomic E-state index is 5.68. The zero-order chi connectivity index (χ0) is 13.0. The smallest absolute Gasteiger partial charge is 0.224 e. The van der Waals surface area contributed by atoms with E-state index >= 15 is 0 Å². The molecule has 0 aromatic carbocycles. The van der Waals surface area contributed by atoms with E-state index in [4.69, 9.17) is 4.74 Å². The average molecular weight is 250 g/mol. The molecule has 2 N–H and O–H groups in total. The average Bonchev–Trinajstić information content (AvgIpc) is 2.87. The molecule has 5 heteroatoms. The van der Waals surface area contributed by atoms with E-state index in [2.05, 4.69) is 27.5 Å². The highest BCUT2D eigenvalue weighted by atomic mass is 16.5. The Labute approximate surface area is 108 Å². The molecular formula is C13H22N4O. The van der Waals surface area contributed by atoms with Gasteiger partial charge in [-0.1, -0.05) is 0 Å². The first-order valence-electron chi connectivity index (χ1n) is 6.66. The summed E-state index contributed by atoms with van der Waals surface area (Å²) < 4.78 is 5.68. The molecule has 2 atom stereocenters. The van der Waals surface area contributed by atoms with Gasteiger partial charge in [-0.25, -0.2) is 4.98 Å². The first-order chi connectivity index (χ1) is 8.70. The topological polar surface area (TPSA) is 59.1 Å². The van der Waals surface area contributed by atoms with Crippen LogP contribution < -0.4 is 10.6 Å². The van der Waals surface area contributed by atoms with Gasteiger partial charge in [0.1, 0.15) is 5.82 Å². The van der Waals surface area contributed by atoms with Crippen molar-refractivity contribution in [2.45, 2.75) is 45.8 Å². The second kappa shape index (κ2) is 6.00. The molecule has 1 aromatic heterocycles. The lowest BCUT2D eigenvalue weighted by molar-refractivity contribution is 0.0995. The Hall–Kier alpha value is -1.36. The summed E-state index contributed by atoms with van der Waals surface area (Å²) in [6.45, 7) is 7.89. The Morgan fingerprint density at radius 1 is 1.56 bits per heavy atom. The third kappa shape index (κ3) is 3.10. The van der Waals surface area contributed by atoms with Crippen molar-refractivity contribution in [2.24, 2.45) is 0 Å². The second-order valence-corrected chi connectivity index (χ2v) is 4.74. The molecule has 0 aliphatic carbocycles. The summed E-state index contributed by atoms with van der Waals surface area (Å²) >= 11 is 0. The Balaban J connectivity index is 2.04. The molecule has 0 radical (unpaired) electrons. The minimum atomic E-state index is 0.274. The number of nitrogens with one attached hydrogen (secondary N) is 2. The van der Waals surface area contributed by atoms with Crippen LogP contribution in [0.4, 0.5) is 11.8 Å². The van der Waals surface area contributed by atoms with Crippen LogP contribution in [-0.2, 0) is 4.74 Å². The van der Waals surface area contributed by atoms with Crippen LogP contribution in [0, 0.1) is 6.92 Å². The highest BCUT2D eigenvalue weighted by molar-refractivity contribution is 5.47. The van der Waals surface area contributed by atoms with E-state index in [0.29, 0.717) is 12.1 Å². The number of hydrogen-bond acceptors (Lipinski definition) is 5. The molecule has 1 aliphatic heterocycles. The van der Waals surface area contributed by atoms with E-state index in [1.807, 2.05) is 20.0 Å². The van der Waals surface area contributed by atoms with E-state index in [1.165, 1.54) is 0 Å². The Kier molecular flexibility index (Phi) is 4.36. The van der Waals surface area contributed by atoms with Crippen LogP contribution in [-0.4, -0.2) is 35.3 Å². The van der Waals surface area contributed by atoms with E-state index in [0.717, 1.165) is 37.4 Å². The van der Waals surface area contributed by atoms with E-state index < -0.39 is 0 Å². The van der Waals surface area contributed by atoms with Crippen molar-refractivity contribution in [3.63, 3.8) is 0 Å². The number of aromatic nitrogens is 2. The fourth-order valence-electron chi connectivity index (χ4n) is 2.14. The molecule has 0 amide bonds. The molecular weight excluding hydrogens is 228 g/mol. The van der Waals surface area contributed by atoms with Crippen LogP contribution in [0.2, 0.25) is 0 Å². The third-order valence-corrected chi connectivity index (χ3v) is 3.19. The monoisotopic (exact) mass is 250 g/mol. The van der Waals surface area contributed by atoms with Gasteiger partial charge in [-0.15, -0.1) is 0 Å². The van der Waals surface area contributed by atoms with Gasteiger partial charge in [0.15, 0.2) is 0 Å². The Morgan fingerprint density at radius 3 is 3.06 bits per heavy atom. The SMILES string of the molecule is CCNc1ncc(C)c(NC(C)C2CCCO2)n1. The molecule has 0 saturated carbocycles. The van der Waals surface area contributed by atoms with Gasteiger partial charge in [0, 0.05) is 24.9 Å². The highest BCUT2D eigenvalue weighted by Crippen LogP contribution is 2.20. The normalized spacial score (nSPS) is 20.7. The fourth-order valence-corrected chi connectivity index (χ4v) is 2.14. The third-order valence-electron chi connectivity index (χ3n) is 3.19. The number of anilines is 2. The molecule has 1 aromatic rings. The van der Waals surface area contributed by atoms with Crippen molar-refractivity contribution < 1.29 is 4.74 Å². The van der Waals surface area contributed by atoms with Gasteiger partial charge in [-0.2, -0.15) is 4.98 Å². The van der Waals surface area contributed by atoms with Crippen LogP contribution in [0.1, 0.15) is 32.3 Å². The number of nitrogens with zero attached hydrogens (tertiary/aromatic N) is 2. The van der Waals surface area contributed by atoms with Gasteiger partial charge >= 0.3 is 0 Å². The van der Waals surface area contributed by atoms with Crippen LogP contribution in [0.15, 0.2) is 6.20 Å². The van der Waals surface area contributed by atoms with Crippen molar-refractivity contribution in [2.75, 3.05) is 23.8 Å². The summed E-state index contributed by atoms with van der Waals surface area (Å²) in [6.07, 6.45) is 4.41. The number of hydrogen-bond donors (Lipinski definition) is 2. The summed E-state index contributed by atoms with van der Waals surface area (Å²) in [4.78, 5) is 8.72. The van der Waals surface area contributed by atoms with Gasteiger partial charge in [-0.3, -0.25) is 0 Å². The predicted molar refractivity (Wildman–Crippen MR) is 73.0 cm³/mol. The molecule has 5 nitrogen and oxygen atoms in total. The van der Waals surface area contributed by atoms with Gasteiger partial charge in [0.25, 0.3) is 0 Å². The zero-order valence-corrected chi connectivity index (χ0v) is 11.4. The second-order valence-electron chi connectivity index (χ2n) is 4.74. The summed E-state index contributed by atoms with van der Waals surface area (Å²) in [6, 6.07) is 0.274. The van der Waals surface area contributed by atoms with Gasteiger partial charge in [0.05, 0.1) is 12.1 Å². The lowest BCUT2D eigenvalue weighted by atomic mass is 10.1. The minimum absolute atomic E-state index is 0.274. The molecule has 2 heterocycles. The van der Waals surface area contributed by atoms with E-state index in [-0.39, 0.29) is 6.04 Å². The summed E-state index contributed by atoms with van der Waals surface area (Å²) in [5.41, 5.74) is 1.06. The molecule has 1 aliphatic rings. The Bertz CT molecular complexity index is 391. The molecule has 18 heavy (non-hydrogen) atoms. The fraction of sp³-hybridized carbons (Fsp3) is 0.692. The van der Waals surface area contributed by atoms with Crippen molar-refractivity contribution in [3.05, 3.63) is 11.8 Å². The molecule has 2 unspecified atom stereocenters. The highest BCUT2D eigenvalue weighted by Gasteiger charge is 2.22. The maximum Gasteiger partial charge on any atom is 0.224 e. The molecule has 1 saturated heterocycles. The number of aryl methyl sites for hydroxylation is 1. The van der Waals surface area contributed by atoms with Crippen molar-refractivity contribution in [1.29, 1.82) is 0 Å². The first kappa shape index (κ1) is 13.1. The summed E-state index contributed by atoms with van der Waals surface area (Å²) in [5.74, 6) is 1.56. The molecule has 100 valence electrons. The van der Waals surface area contributed by atoms with E-state index in [1.54, 1.807) is 0 Å². The lowest BCUT2D eigenvalue weighted by Gasteiger charge is -2.21. The maximum atomic E-state index is 5.68. The van der Waals surface area contributed by atoms with Crippen LogP contribution in [0.3, 0.4) is 0 Å². The van der Waals surface area contributed by atoms with Gasteiger partial charge in [-0.05, 0) is 33.6 Å². The van der Waals surface area contributed by atoms with Crippen LogP contribution in [0.25, 0.3) is 0 Å². The predicted octanol–water partition coefficient (Wildman–Crippen LogP) is 2.20. The largest absolute Gasteiger partial charge is 0.376 e. The summed E-state index contributed by atoms with van der Waals surface area (Å²) in [7, 11) is 0. The van der Waals surface area contributed by atoms with Crippen LogP contribution in [0.5, 0.6) is 0 Å². The molecule has 0 spiro atoms. The molecule has 2 rings (SSSR count).